The van der Waals surface area contributed by atoms with Crippen molar-refractivity contribution >= 4 is 10.9 Å². The van der Waals surface area contributed by atoms with Gasteiger partial charge in [0.15, 0.2) is 0 Å². The van der Waals surface area contributed by atoms with Crippen molar-refractivity contribution in [2.45, 2.75) is 20.3 Å². The molecule has 1 heterocycles. The Kier molecular flexibility index (Phi) is 2.88. The third kappa shape index (κ3) is 1.67. The maximum Gasteiger partial charge on any atom is 0.119 e. The van der Waals surface area contributed by atoms with E-state index in [0.717, 1.165) is 24.0 Å². The van der Waals surface area contributed by atoms with Crippen LogP contribution < -0.4 is 5.32 Å². The van der Waals surface area contributed by atoms with Crippen molar-refractivity contribution in [2.75, 3.05) is 13.6 Å². The van der Waals surface area contributed by atoms with Crippen LogP contribution in [0.2, 0.25) is 0 Å². The zero-order valence-corrected chi connectivity index (χ0v) is 10.0. The van der Waals surface area contributed by atoms with Gasteiger partial charge in [0.2, 0.25) is 0 Å². The van der Waals surface area contributed by atoms with Crippen LogP contribution in [0.1, 0.15) is 16.8 Å². The minimum absolute atomic E-state index is 0.393. The highest BCUT2D eigenvalue weighted by atomic mass is 16.3. The van der Waals surface area contributed by atoms with Gasteiger partial charge < -0.3 is 15.4 Å². The maximum absolute atomic E-state index is 9.93. The molecule has 0 radical (unpaired) electrons. The topological polar surface area (TPSA) is 48.0 Å². The number of aromatic hydroxyl groups is 1. The molecule has 3 N–H and O–H groups in total. The highest BCUT2D eigenvalue weighted by Crippen LogP contribution is 2.31. The van der Waals surface area contributed by atoms with Gasteiger partial charge in [0.05, 0.1) is 0 Å². The first-order valence-corrected chi connectivity index (χ1v) is 5.59. The molecule has 2 rings (SSSR count). The molecule has 0 aliphatic carbocycles. The fourth-order valence-electron chi connectivity index (χ4n) is 2.16. The van der Waals surface area contributed by atoms with Gasteiger partial charge in [0, 0.05) is 22.2 Å². The highest BCUT2D eigenvalue weighted by Gasteiger charge is 2.12. The molecule has 1 aromatic heterocycles. The summed E-state index contributed by atoms with van der Waals surface area (Å²) in [7, 11) is 1.92. The zero-order chi connectivity index (χ0) is 11.7. The van der Waals surface area contributed by atoms with E-state index in [9.17, 15) is 5.11 Å². The van der Waals surface area contributed by atoms with Gasteiger partial charge >= 0.3 is 0 Å². The molecule has 0 unspecified atom stereocenters. The van der Waals surface area contributed by atoms with Crippen molar-refractivity contribution in [2.24, 2.45) is 0 Å². The van der Waals surface area contributed by atoms with Gasteiger partial charge in [0.1, 0.15) is 5.75 Å². The zero-order valence-electron chi connectivity index (χ0n) is 10.0. The Hall–Kier alpha value is -1.48. The number of likely N-dealkylation sites (N-methyl/N-ethyl adjacent to an activating group) is 1. The Morgan fingerprint density at radius 3 is 2.75 bits per heavy atom. The number of hydrogen-bond donors (Lipinski definition) is 3. The molecule has 3 nitrogen and oxygen atoms in total. The molecule has 0 fully saturated rings. The van der Waals surface area contributed by atoms with Crippen molar-refractivity contribution in [1.29, 1.82) is 0 Å². The van der Waals surface area contributed by atoms with E-state index < -0.39 is 0 Å². The molecule has 0 amide bonds. The molecule has 0 atom stereocenters. The molecule has 0 saturated heterocycles. The predicted molar refractivity (Wildman–Crippen MR) is 67.1 cm³/mol. The van der Waals surface area contributed by atoms with Crippen LogP contribution in [-0.2, 0) is 6.42 Å². The summed E-state index contributed by atoms with van der Waals surface area (Å²) in [6.45, 7) is 5.03. The van der Waals surface area contributed by atoms with Crippen molar-refractivity contribution in [3.8, 4) is 5.75 Å². The second-order valence-corrected chi connectivity index (χ2v) is 4.21. The van der Waals surface area contributed by atoms with Gasteiger partial charge in [-0.3, -0.25) is 0 Å². The molecule has 2 aromatic rings. The predicted octanol–water partition coefficient (Wildman–Crippen LogP) is 2.25. The fourth-order valence-corrected chi connectivity index (χ4v) is 2.16. The van der Waals surface area contributed by atoms with E-state index in [1.54, 1.807) is 6.07 Å². The number of H-pyrrole nitrogens is 1. The van der Waals surface area contributed by atoms with Gasteiger partial charge in [-0.2, -0.15) is 0 Å². The average Bonchev–Trinajstić information content (AvgIpc) is 2.55. The van der Waals surface area contributed by atoms with Crippen molar-refractivity contribution in [3.05, 3.63) is 29.0 Å². The lowest BCUT2D eigenvalue weighted by molar-refractivity contribution is 0.468. The molecule has 0 saturated carbocycles. The Balaban J connectivity index is 2.63. The van der Waals surface area contributed by atoms with E-state index in [2.05, 4.69) is 24.1 Å². The first-order chi connectivity index (χ1) is 7.65. The van der Waals surface area contributed by atoms with E-state index in [1.165, 1.54) is 16.6 Å². The monoisotopic (exact) mass is 218 g/mol. The quantitative estimate of drug-likeness (QED) is 0.740. The molecule has 86 valence electrons. The molecule has 16 heavy (non-hydrogen) atoms. The summed E-state index contributed by atoms with van der Waals surface area (Å²) in [5.74, 6) is 0.393. The molecule has 0 spiro atoms. The summed E-state index contributed by atoms with van der Waals surface area (Å²) < 4.78 is 0. The lowest BCUT2D eigenvalue weighted by atomic mass is 10.0. The van der Waals surface area contributed by atoms with E-state index in [4.69, 9.17) is 0 Å². The summed E-state index contributed by atoms with van der Waals surface area (Å²) in [4.78, 5) is 3.34. The number of rotatable bonds is 3. The van der Waals surface area contributed by atoms with Crippen LogP contribution in [0.25, 0.3) is 10.9 Å². The van der Waals surface area contributed by atoms with Crippen molar-refractivity contribution < 1.29 is 5.11 Å². The lowest BCUT2D eigenvalue weighted by Gasteiger charge is -2.07. The fraction of sp³-hybridized carbons (Fsp3) is 0.385. The first-order valence-electron chi connectivity index (χ1n) is 5.59. The average molecular weight is 218 g/mol. The standard InChI is InChI=1S/C13H18N2O/c1-8-9(2)15-11-4-5-12(16)10(13(8)11)6-7-14-3/h4-5,14-16H,6-7H2,1-3H3. The summed E-state index contributed by atoms with van der Waals surface area (Å²) in [5, 5.41) is 14.2. The highest BCUT2D eigenvalue weighted by molar-refractivity contribution is 5.89. The van der Waals surface area contributed by atoms with Gasteiger partial charge in [-0.15, -0.1) is 0 Å². The number of nitrogens with one attached hydrogen (secondary N) is 2. The van der Waals surface area contributed by atoms with E-state index in [1.807, 2.05) is 13.1 Å². The number of aromatic nitrogens is 1. The second-order valence-electron chi connectivity index (χ2n) is 4.21. The Morgan fingerprint density at radius 1 is 1.31 bits per heavy atom. The van der Waals surface area contributed by atoms with Crippen molar-refractivity contribution in [1.82, 2.24) is 10.3 Å². The molecule has 0 aliphatic rings. The van der Waals surface area contributed by atoms with Crippen LogP contribution in [0.15, 0.2) is 12.1 Å². The largest absolute Gasteiger partial charge is 0.508 e. The normalized spacial score (nSPS) is 11.2. The van der Waals surface area contributed by atoms with Crippen LogP contribution in [0.3, 0.4) is 0 Å². The van der Waals surface area contributed by atoms with Gasteiger partial charge in [0.25, 0.3) is 0 Å². The minimum Gasteiger partial charge on any atom is -0.508 e. The third-order valence-electron chi connectivity index (χ3n) is 3.17. The summed E-state index contributed by atoms with van der Waals surface area (Å²) >= 11 is 0. The first kappa shape index (κ1) is 11.0. The maximum atomic E-state index is 9.93. The smallest absolute Gasteiger partial charge is 0.119 e. The molecule has 1 aromatic carbocycles. The van der Waals surface area contributed by atoms with Gasteiger partial charge in [-0.25, -0.2) is 0 Å². The number of phenolic OH excluding ortho intramolecular Hbond substituents is 1. The number of fused-ring (bicyclic) bond motifs is 1. The Morgan fingerprint density at radius 2 is 2.06 bits per heavy atom. The molecule has 0 aliphatic heterocycles. The number of benzene rings is 1. The molecule has 0 bridgehead atoms. The molecule has 3 heteroatoms. The lowest BCUT2D eigenvalue weighted by Crippen LogP contribution is -2.10. The van der Waals surface area contributed by atoms with Crippen LogP contribution in [0.4, 0.5) is 0 Å². The molecular formula is C13H18N2O. The van der Waals surface area contributed by atoms with Crippen LogP contribution in [-0.4, -0.2) is 23.7 Å². The van der Waals surface area contributed by atoms with E-state index in [-0.39, 0.29) is 0 Å². The number of aryl methyl sites for hydroxylation is 2. The van der Waals surface area contributed by atoms with Crippen molar-refractivity contribution in [3.63, 3.8) is 0 Å². The van der Waals surface area contributed by atoms with Crippen LogP contribution >= 0.6 is 0 Å². The van der Waals surface area contributed by atoms with Crippen LogP contribution in [0.5, 0.6) is 5.75 Å². The Bertz CT molecular complexity index is 514. The number of phenols is 1. The number of hydrogen-bond acceptors (Lipinski definition) is 2. The van der Waals surface area contributed by atoms with Gasteiger partial charge in [-0.05, 0) is 51.6 Å². The SMILES string of the molecule is CNCCc1c(O)ccc2[nH]c(C)c(C)c12. The van der Waals surface area contributed by atoms with E-state index in [0.29, 0.717) is 5.75 Å². The van der Waals surface area contributed by atoms with E-state index >= 15 is 0 Å². The summed E-state index contributed by atoms with van der Waals surface area (Å²) in [5.41, 5.74) is 4.55. The summed E-state index contributed by atoms with van der Waals surface area (Å²) in [6, 6.07) is 3.70. The minimum atomic E-state index is 0.393. The third-order valence-corrected chi connectivity index (χ3v) is 3.17. The molecular weight excluding hydrogens is 200 g/mol. The second kappa shape index (κ2) is 4.18. The summed E-state index contributed by atoms with van der Waals surface area (Å²) in [6.07, 6.45) is 0.845. The van der Waals surface area contributed by atoms with Crippen LogP contribution in [0, 0.1) is 13.8 Å². The van der Waals surface area contributed by atoms with Gasteiger partial charge in [-0.1, -0.05) is 0 Å². The number of aromatic amines is 1. The Labute approximate surface area is 95.5 Å².